The van der Waals surface area contributed by atoms with Crippen LogP contribution in [0.5, 0.6) is 0 Å². The van der Waals surface area contributed by atoms with E-state index in [1.807, 2.05) is 12.3 Å². The van der Waals surface area contributed by atoms with Crippen LogP contribution in [0.15, 0.2) is 11.0 Å². The first-order valence-corrected chi connectivity index (χ1v) is 6.85. The van der Waals surface area contributed by atoms with Crippen molar-refractivity contribution >= 4 is 35.3 Å². The molecule has 0 unspecified atom stereocenters. The minimum Gasteiger partial charge on any atom is -0.313 e. The van der Waals surface area contributed by atoms with Gasteiger partial charge in [0.1, 0.15) is 0 Å². The molecular formula is C12H14N2OS2. The van der Waals surface area contributed by atoms with Crippen molar-refractivity contribution in [1.82, 2.24) is 9.97 Å². The molecule has 2 heterocycles. The van der Waals surface area contributed by atoms with E-state index in [9.17, 15) is 4.79 Å². The predicted molar refractivity (Wildman–Crippen MR) is 74.1 cm³/mol. The van der Waals surface area contributed by atoms with Gasteiger partial charge in [-0.15, -0.1) is 22.7 Å². The average Bonchev–Trinajstić information content (AvgIpc) is 2.74. The summed E-state index contributed by atoms with van der Waals surface area (Å²) in [5.74, 6) is 0. The maximum absolute atomic E-state index is 11.5. The third kappa shape index (κ3) is 2.73. The van der Waals surface area contributed by atoms with Crippen molar-refractivity contribution in [3.05, 3.63) is 35.6 Å². The molecule has 2 aromatic rings. The normalized spacial score (nSPS) is 13.2. The van der Waals surface area contributed by atoms with E-state index in [1.54, 1.807) is 11.3 Å². The molecule has 0 aliphatic rings. The van der Waals surface area contributed by atoms with Gasteiger partial charge in [0.15, 0.2) is 0 Å². The SMILES string of the molecule is C=c1[nH]c(=O)/c(=C/c2cnc(C(C)(C)C)s2)s1. The van der Waals surface area contributed by atoms with Gasteiger partial charge in [-0.1, -0.05) is 27.4 Å². The molecule has 17 heavy (non-hydrogen) atoms. The minimum atomic E-state index is -0.0780. The second-order valence-corrected chi connectivity index (χ2v) is 7.00. The minimum absolute atomic E-state index is 0.0517. The van der Waals surface area contributed by atoms with Gasteiger partial charge < -0.3 is 4.98 Å². The second kappa shape index (κ2) is 4.23. The van der Waals surface area contributed by atoms with E-state index in [4.69, 9.17) is 0 Å². The summed E-state index contributed by atoms with van der Waals surface area (Å²) < 4.78 is 1.36. The molecule has 0 saturated heterocycles. The molecule has 2 rings (SSSR count). The Morgan fingerprint density at radius 1 is 1.41 bits per heavy atom. The predicted octanol–water partition coefficient (Wildman–Crippen LogP) is 1.43. The lowest BCUT2D eigenvalue weighted by Crippen LogP contribution is -2.19. The Labute approximate surface area is 107 Å². The van der Waals surface area contributed by atoms with E-state index in [0.29, 0.717) is 9.20 Å². The van der Waals surface area contributed by atoms with Crippen molar-refractivity contribution in [2.45, 2.75) is 26.2 Å². The molecule has 3 nitrogen and oxygen atoms in total. The average molecular weight is 266 g/mol. The van der Waals surface area contributed by atoms with E-state index in [2.05, 4.69) is 37.3 Å². The van der Waals surface area contributed by atoms with Crippen LogP contribution in [0.25, 0.3) is 12.7 Å². The molecule has 0 spiro atoms. The Balaban J connectivity index is 2.47. The third-order valence-corrected chi connectivity index (χ3v) is 4.39. The second-order valence-electron chi connectivity index (χ2n) is 4.81. The molecule has 0 saturated carbocycles. The van der Waals surface area contributed by atoms with Crippen LogP contribution >= 0.6 is 22.7 Å². The summed E-state index contributed by atoms with van der Waals surface area (Å²) in [6, 6.07) is 0. The van der Waals surface area contributed by atoms with Crippen LogP contribution in [0.1, 0.15) is 30.7 Å². The van der Waals surface area contributed by atoms with Crippen LogP contribution in [-0.4, -0.2) is 9.97 Å². The van der Waals surface area contributed by atoms with E-state index in [-0.39, 0.29) is 11.0 Å². The van der Waals surface area contributed by atoms with E-state index >= 15 is 0 Å². The van der Waals surface area contributed by atoms with Crippen molar-refractivity contribution in [2.75, 3.05) is 0 Å². The first-order valence-electron chi connectivity index (χ1n) is 5.22. The van der Waals surface area contributed by atoms with Crippen molar-refractivity contribution in [2.24, 2.45) is 0 Å². The largest absolute Gasteiger partial charge is 0.313 e. The number of aromatic amines is 1. The Morgan fingerprint density at radius 3 is 2.59 bits per heavy atom. The molecule has 0 amide bonds. The Bertz CT molecular complexity index is 685. The van der Waals surface area contributed by atoms with Crippen molar-refractivity contribution in [1.29, 1.82) is 0 Å². The highest BCUT2D eigenvalue weighted by molar-refractivity contribution is 7.13. The number of aromatic nitrogens is 2. The quantitative estimate of drug-likeness (QED) is 0.848. The molecular weight excluding hydrogens is 252 g/mol. The number of hydrogen-bond donors (Lipinski definition) is 1. The van der Waals surface area contributed by atoms with Gasteiger partial charge in [-0.25, -0.2) is 4.98 Å². The highest BCUT2D eigenvalue weighted by atomic mass is 32.1. The summed E-state index contributed by atoms with van der Waals surface area (Å²) in [7, 11) is 0. The van der Waals surface area contributed by atoms with Gasteiger partial charge >= 0.3 is 0 Å². The first-order chi connectivity index (χ1) is 7.86. The summed E-state index contributed by atoms with van der Waals surface area (Å²) in [6.45, 7) is 10.1. The summed E-state index contributed by atoms with van der Waals surface area (Å²) in [6.07, 6.45) is 3.68. The fraction of sp³-hybridized carbons (Fsp3) is 0.333. The van der Waals surface area contributed by atoms with Crippen LogP contribution in [-0.2, 0) is 5.41 Å². The van der Waals surface area contributed by atoms with Gasteiger partial charge in [0, 0.05) is 16.5 Å². The third-order valence-electron chi connectivity index (χ3n) is 2.15. The topological polar surface area (TPSA) is 45.8 Å². The number of H-pyrrole nitrogens is 1. The number of hydrogen-bond acceptors (Lipinski definition) is 4. The van der Waals surface area contributed by atoms with Gasteiger partial charge in [0.05, 0.1) is 14.2 Å². The maximum atomic E-state index is 11.5. The number of nitrogens with one attached hydrogen (secondary N) is 1. The zero-order valence-corrected chi connectivity index (χ0v) is 11.7. The molecule has 0 radical (unpaired) electrons. The Morgan fingerprint density at radius 2 is 2.12 bits per heavy atom. The molecule has 2 aromatic heterocycles. The molecule has 5 heteroatoms. The molecule has 0 fully saturated rings. The van der Waals surface area contributed by atoms with Gasteiger partial charge in [-0.05, 0) is 6.08 Å². The molecule has 0 aliphatic carbocycles. The summed E-state index contributed by atoms with van der Waals surface area (Å²) in [5.41, 5.74) is -0.0264. The standard InChI is InChI=1S/C12H14N2OS2/c1-7-14-10(15)9(16-7)5-8-6-13-11(17-8)12(2,3)4/h5-6H,1H2,2-4H3,(H,14,15)/b9-5-. The van der Waals surface area contributed by atoms with Crippen LogP contribution in [0.4, 0.5) is 0 Å². The summed E-state index contributed by atoms with van der Waals surface area (Å²) in [4.78, 5) is 19.6. The van der Waals surface area contributed by atoms with Crippen LogP contribution in [0.2, 0.25) is 0 Å². The van der Waals surface area contributed by atoms with Crippen LogP contribution in [0.3, 0.4) is 0 Å². The lowest BCUT2D eigenvalue weighted by molar-refractivity contribution is 0.585. The summed E-state index contributed by atoms with van der Waals surface area (Å²) in [5, 5.41) is 1.08. The molecule has 1 N–H and O–H groups in total. The zero-order valence-electron chi connectivity index (χ0n) is 10.0. The Hall–Kier alpha value is -1.20. The van der Waals surface area contributed by atoms with Crippen molar-refractivity contribution in [3.63, 3.8) is 0 Å². The monoisotopic (exact) mass is 266 g/mol. The lowest BCUT2D eigenvalue weighted by Gasteiger charge is -2.13. The van der Waals surface area contributed by atoms with E-state index < -0.39 is 0 Å². The fourth-order valence-corrected chi connectivity index (χ4v) is 3.05. The molecule has 0 aliphatic heterocycles. The van der Waals surface area contributed by atoms with E-state index in [0.717, 1.165) is 9.88 Å². The van der Waals surface area contributed by atoms with Gasteiger partial charge in [0.25, 0.3) is 5.56 Å². The van der Waals surface area contributed by atoms with Crippen molar-refractivity contribution in [3.8, 4) is 0 Å². The number of rotatable bonds is 1. The highest BCUT2D eigenvalue weighted by Gasteiger charge is 2.17. The number of thiazole rings is 2. The molecule has 0 bridgehead atoms. The maximum Gasteiger partial charge on any atom is 0.266 e. The Kier molecular flexibility index (Phi) is 3.05. The smallest absolute Gasteiger partial charge is 0.266 e. The van der Waals surface area contributed by atoms with Gasteiger partial charge in [-0.3, -0.25) is 4.79 Å². The highest BCUT2D eigenvalue weighted by Crippen LogP contribution is 2.26. The number of nitrogens with zero attached hydrogens (tertiary/aromatic N) is 1. The fourth-order valence-electron chi connectivity index (χ4n) is 1.32. The molecule has 0 atom stereocenters. The lowest BCUT2D eigenvalue weighted by atomic mass is 9.98. The summed E-state index contributed by atoms with van der Waals surface area (Å²) >= 11 is 2.99. The molecule has 0 aromatic carbocycles. The first kappa shape index (κ1) is 12.3. The van der Waals surface area contributed by atoms with Crippen molar-refractivity contribution < 1.29 is 0 Å². The zero-order chi connectivity index (χ0) is 12.6. The van der Waals surface area contributed by atoms with Crippen LogP contribution in [0, 0.1) is 0 Å². The van der Waals surface area contributed by atoms with Gasteiger partial charge in [-0.2, -0.15) is 0 Å². The van der Waals surface area contributed by atoms with E-state index in [1.165, 1.54) is 11.3 Å². The van der Waals surface area contributed by atoms with Crippen LogP contribution < -0.4 is 14.8 Å². The van der Waals surface area contributed by atoms with Gasteiger partial charge in [0.2, 0.25) is 0 Å². The molecule has 90 valence electrons.